The van der Waals surface area contributed by atoms with E-state index in [9.17, 15) is 19.0 Å². The van der Waals surface area contributed by atoms with Gasteiger partial charge in [-0.3, -0.25) is 14.2 Å². The number of carbonyl (C=O) groups is 2. The van der Waals surface area contributed by atoms with Gasteiger partial charge in [-0.1, -0.05) is 319 Å². The fraction of sp³-hybridized carbons (Fsp3) is 0.844. The van der Waals surface area contributed by atoms with E-state index < -0.39 is 20.0 Å². The number of nitrogens with one attached hydrogen (secondary N) is 1. The van der Waals surface area contributed by atoms with Gasteiger partial charge >= 0.3 is 5.97 Å². The van der Waals surface area contributed by atoms with Gasteiger partial charge < -0.3 is 28.5 Å². The lowest BCUT2D eigenvalue weighted by molar-refractivity contribution is -0.870. The molecule has 0 rings (SSSR count). The van der Waals surface area contributed by atoms with Crippen molar-refractivity contribution in [2.45, 2.75) is 380 Å². The Labute approximate surface area is 541 Å². The SMILES string of the molecule is CCCCC/C=C\C/C=C\C/C=C\CCCCCCCCCCCCCCCCC(=O)NC(COP(=O)([O-])OCC[N+](C)(C)C)C(/C=C\CCCCCCCCCCC)OC(=O)CCCCCCCCCCCCCCC/C=C/CCCCCCCC. The minimum atomic E-state index is -4.70. The molecule has 0 heterocycles. The van der Waals surface area contributed by atoms with Gasteiger partial charge in [0.2, 0.25) is 5.91 Å². The molecule has 0 spiro atoms. The molecule has 0 aromatic carbocycles. The number of amides is 1. The molecule has 0 aliphatic rings. The van der Waals surface area contributed by atoms with Crippen LogP contribution in [0.3, 0.4) is 0 Å². The van der Waals surface area contributed by atoms with Crippen molar-refractivity contribution in [3.05, 3.63) is 60.8 Å². The molecule has 0 saturated heterocycles. The predicted molar refractivity (Wildman–Crippen MR) is 376 cm³/mol. The first-order chi connectivity index (χ1) is 42.4. The molecule has 1 N–H and O–H groups in total. The second-order valence-electron chi connectivity index (χ2n) is 26.8. The van der Waals surface area contributed by atoms with Crippen LogP contribution in [-0.2, 0) is 27.9 Å². The molecule has 0 aliphatic heterocycles. The Bertz CT molecular complexity index is 1670. The van der Waals surface area contributed by atoms with Crippen LogP contribution in [0.5, 0.6) is 0 Å². The zero-order valence-corrected chi connectivity index (χ0v) is 59.4. The van der Waals surface area contributed by atoms with Crippen LogP contribution in [-0.4, -0.2) is 69.4 Å². The number of likely N-dealkylation sites (N-methyl/N-ethyl adjacent to an activating group) is 1. The zero-order chi connectivity index (χ0) is 63.5. The summed E-state index contributed by atoms with van der Waals surface area (Å²) in [6.07, 6.45) is 86.4. The molecule has 3 unspecified atom stereocenters. The Morgan fingerprint density at radius 3 is 1.08 bits per heavy atom. The minimum absolute atomic E-state index is 0.0216. The minimum Gasteiger partial charge on any atom is -0.756 e. The topological polar surface area (TPSA) is 114 Å². The Morgan fingerprint density at radius 1 is 0.402 bits per heavy atom. The fourth-order valence-corrected chi connectivity index (χ4v) is 11.8. The molecule has 87 heavy (non-hydrogen) atoms. The molecule has 10 heteroatoms. The van der Waals surface area contributed by atoms with Crippen molar-refractivity contribution in [1.29, 1.82) is 0 Å². The highest BCUT2D eigenvalue weighted by atomic mass is 31.2. The lowest BCUT2D eigenvalue weighted by atomic mass is 10.0. The third kappa shape index (κ3) is 67.9. The lowest BCUT2D eigenvalue weighted by Gasteiger charge is -2.30. The van der Waals surface area contributed by atoms with Crippen LogP contribution in [0.1, 0.15) is 367 Å². The monoisotopic (exact) mass is 1240 g/mol. The van der Waals surface area contributed by atoms with E-state index >= 15 is 0 Å². The van der Waals surface area contributed by atoms with Gasteiger partial charge in [0.25, 0.3) is 7.82 Å². The molecule has 1 amide bonds. The third-order valence-corrected chi connectivity index (χ3v) is 17.9. The van der Waals surface area contributed by atoms with E-state index in [4.69, 9.17) is 13.8 Å². The van der Waals surface area contributed by atoms with Crippen LogP contribution in [0.4, 0.5) is 0 Å². The number of hydrogen-bond donors (Lipinski definition) is 1. The largest absolute Gasteiger partial charge is 0.756 e. The number of carbonyl (C=O) groups excluding carboxylic acids is 2. The van der Waals surface area contributed by atoms with Crippen molar-refractivity contribution >= 4 is 19.7 Å². The maximum atomic E-state index is 13.6. The highest BCUT2D eigenvalue weighted by Crippen LogP contribution is 2.38. The molecule has 0 aromatic heterocycles. The summed E-state index contributed by atoms with van der Waals surface area (Å²) in [7, 11) is 1.20. The first-order valence-corrected chi connectivity index (χ1v) is 39.1. The van der Waals surface area contributed by atoms with Gasteiger partial charge in [-0.25, -0.2) is 0 Å². The quantitative estimate of drug-likeness (QED) is 0.0212. The Kier molecular flexibility index (Phi) is 64.9. The van der Waals surface area contributed by atoms with Gasteiger partial charge in [0.05, 0.1) is 33.8 Å². The standard InChI is InChI=1S/C77H145N2O7P/c1-7-10-13-16-19-22-25-27-29-31-33-35-37-38-39-40-42-43-45-47-49-51-54-57-60-63-66-69-76(80)78-74(73-85-87(82,83)84-72-71-79(4,5)6)75(68-65-62-59-56-53-24-21-18-15-12-9-3)86-77(81)70-67-64-61-58-55-52-50-48-46-44-41-36-34-32-30-28-26-23-20-17-14-11-8-2/h19,22,27-30,33,35,65,68,74-75H,7-18,20-21,23-26,31-32,34,36-64,66-67,69-73H2,1-6H3,(H-,78,80,82,83)/b22-19-,29-27-,30-28+,35-33-,68-65-. The molecule has 0 aliphatic carbocycles. The van der Waals surface area contributed by atoms with Crippen molar-refractivity contribution in [1.82, 2.24) is 5.32 Å². The second kappa shape index (κ2) is 66.6. The van der Waals surface area contributed by atoms with Gasteiger partial charge in [0.15, 0.2) is 0 Å². The van der Waals surface area contributed by atoms with E-state index in [0.717, 1.165) is 70.6 Å². The molecule has 0 aromatic rings. The molecular formula is C77H145N2O7P. The Hall–Kier alpha value is -2.29. The van der Waals surface area contributed by atoms with Crippen LogP contribution in [0, 0.1) is 0 Å². The highest BCUT2D eigenvalue weighted by molar-refractivity contribution is 7.45. The number of quaternary nitrogens is 1. The van der Waals surface area contributed by atoms with Crippen LogP contribution in [0.2, 0.25) is 0 Å². The molecular weight excluding hydrogens is 1100 g/mol. The smallest absolute Gasteiger partial charge is 0.306 e. The number of allylic oxidation sites excluding steroid dienone is 9. The number of unbranched alkanes of at least 4 members (excludes halogenated alkanes) is 45. The first kappa shape index (κ1) is 84.7. The summed E-state index contributed by atoms with van der Waals surface area (Å²) in [6.45, 7) is 6.86. The van der Waals surface area contributed by atoms with Crippen molar-refractivity contribution in [2.75, 3.05) is 40.9 Å². The second-order valence-corrected chi connectivity index (χ2v) is 28.2. The number of phosphoric ester groups is 1. The Balaban J connectivity index is 4.93. The molecule has 0 radical (unpaired) electrons. The first-order valence-electron chi connectivity index (χ1n) is 37.6. The zero-order valence-electron chi connectivity index (χ0n) is 58.5. The molecule has 0 bridgehead atoms. The maximum Gasteiger partial charge on any atom is 0.306 e. The number of esters is 1. The summed E-state index contributed by atoms with van der Waals surface area (Å²) in [5, 5.41) is 3.05. The summed E-state index contributed by atoms with van der Waals surface area (Å²) < 4.78 is 30.5. The van der Waals surface area contributed by atoms with Crippen LogP contribution in [0.15, 0.2) is 60.8 Å². The van der Waals surface area contributed by atoms with Crippen molar-refractivity contribution in [3.63, 3.8) is 0 Å². The van der Waals surface area contributed by atoms with E-state index in [1.165, 1.54) is 263 Å². The van der Waals surface area contributed by atoms with E-state index in [1.54, 1.807) is 0 Å². The predicted octanol–water partition coefficient (Wildman–Crippen LogP) is 23.5. The van der Waals surface area contributed by atoms with E-state index in [1.807, 2.05) is 33.3 Å². The lowest BCUT2D eigenvalue weighted by Crippen LogP contribution is -2.47. The van der Waals surface area contributed by atoms with Gasteiger partial charge in [0, 0.05) is 12.8 Å². The maximum absolute atomic E-state index is 13.6. The van der Waals surface area contributed by atoms with Gasteiger partial charge in [-0.05, 0) is 96.0 Å². The van der Waals surface area contributed by atoms with Crippen LogP contribution < -0.4 is 10.2 Å². The normalized spacial score (nSPS) is 13.8. The summed E-state index contributed by atoms with van der Waals surface area (Å²) in [6, 6.07) is -0.889. The van der Waals surface area contributed by atoms with Gasteiger partial charge in [-0.2, -0.15) is 0 Å². The Morgan fingerprint density at radius 2 is 0.701 bits per heavy atom. The number of hydrogen-bond acceptors (Lipinski definition) is 7. The summed E-state index contributed by atoms with van der Waals surface area (Å²) in [4.78, 5) is 40.2. The van der Waals surface area contributed by atoms with Crippen LogP contribution in [0.25, 0.3) is 0 Å². The molecule has 9 nitrogen and oxygen atoms in total. The van der Waals surface area contributed by atoms with E-state index in [2.05, 4.69) is 74.7 Å². The van der Waals surface area contributed by atoms with Crippen LogP contribution >= 0.6 is 7.82 Å². The molecule has 0 saturated carbocycles. The highest BCUT2D eigenvalue weighted by Gasteiger charge is 2.27. The van der Waals surface area contributed by atoms with Gasteiger partial charge in [0.1, 0.15) is 19.3 Å². The van der Waals surface area contributed by atoms with Crippen molar-refractivity contribution in [2.24, 2.45) is 0 Å². The number of phosphoric acid groups is 1. The van der Waals surface area contributed by atoms with Crippen molar-refractivity contribution < 1.29 is 37.3 Å². The van der Waals surface area contributed by atoms with Gasteiger partial charge in [-0.15, -0.1) is 0 Å². The third-order valence-electron chi connectivity index (χ3n) is 16.9. The molecule has 3 atom stereocenters. The van der Waals surface area contributed by atoms with E-state index in [0.29, 0.717) is 17.4 Å². The number of nitrogens with zero attached hydrogens (tertiary/aromatic N) is 1. The summed E-state index contributed by atoms with van der Waals surface area (Å²) in [5.74, 6) is -0.527. The van der Waals surface area contributed by atoms with Crippen molar-refractivity contribution in [3.8, 4) is 0 Å². The molecule has 0 fully saturated rings. The average Bonchev–Trinajstić information content (AvgIpc) is 3.70. The average molecular weight is 1240 g/mol. The molecule has 510 valence electrons. The van der Waals surface area contributed by atoms with E-state index in [-0.39, 0.29) is 31.5 Å². The number of rotatable bonds is 69. The summed E-state index contributed by atoms with van der Waals surface area (Å²) >= 11 is 0. The number of ether oxygens (including phenoxy) is 1. The summed E-state index contributed by atoms with van der Waals surface area (Å²) in [5.41, 5.74) is 0. The fourth-order valence-electron chi connectivity index (χ4n) is 11.1.